The van der Waals surface area contributed by atoms with Gasteiger partial charge in [0.15, 0.2) is 6.10 Å². The van der Waals surface area contributed by atoms with Crippen LogP contribution < -0.4 is 10.1 Å². The van der Waals surface area contributed by atoms with Crippen molar-refractivity contribution in [1.82, 2.24) is 9.80 Å². The van der Waals surface area contributed by atoms with Crippen LogP contribution in [0.15, 0.2) is 54.6 Å². The van der Waals surface area contributed by atoms with Gasteiger partial charge in [0, 0.05) is 26.2 Å². The standard InChI is InChI=1S/C21H24ClN3O3/c1-16(28-17-7-3-2-4-8-17)21(27)25-13-11-24(12-14-25)15-20(26)23-19-10-6-5-9-18(19)22/h2-10,16H,11-15H2,1H3,(H,23,26)/t16-/m0/s1. The minimum atomic E-state index is -0.544. The van der Waals surface area contributed by atoms with E-state index >= 15 is 0 Å². The zero-order valence-electron chi connectivity index (χ0n) is 15.8. The number of halogens is 1. The van der Waals surface area contributed by atoms with Gasteiger partial charge in [-0.05, 0) is 31.2 Å². The van der Waals surface area contributed by atoms with E-state index in [1.54, 1.807) is 24.0 Å². The lowest BCUT2D eigenvalue weighted by Crippen LogP contribution is -2.53. The summed E-state index contributed by atoms with van der Waals surface area (Å²) in [6, 6.07) is 16.5. The van der Waals surface area contributed by atoms with Gasteiger partial charge in [-0.2, -0.15) is 0 Å². The summed E-state index contributed by atoms with van der Waals surface area (Å²) in [6.07, 6.45) is -0.544. The fraction of sp³-hybridized carbons (Fsp3) is 0.333. The molecule has 1 fully saturated rings. The molecule has 1 aliphatic heterocycles. The Morgan fingerprint density at radius 1 is 1.04 bits per heavy atom. The minimum absolute atomic E-state index is 0.0379. The normalized spacial score (nSPS) is 15.7. The Labute approximate surface area is 170 Å². The first kappa shape index (κ1) is 20.2. The molecule has 3 rings (SSSR count). The third-order valence-electron chi connectivity index (χ3n) is 4.60. The third-order valence-corrected chi connectivity index (χ3v) is 4.93. The molecule has 0 aromatic heterocycles. The van der Waals surface area contributed by atoms with E-state index in [1.165, 1.54) is 0 Å². The number of rotatable bonds is 6. The molecule has 1 saturated heterocycles. The summed E-state index contributed by atoms with van der Waals surface area (Å²) in [5.41, 5.74) is 0.606. The summed E-state index contributed by atoms with van der Waals surface area (Å²) in [4.78, 5) is 28.7. The topological polar surface area (TPSA) is 61.9 Å². The summed E-state index contributed by atoms with van der Waals surface area (Å²) >= 11 is 6.07. The van der Waals surface area contributed by atoms with Gasteiger partial charge in [-0.25, -0.2) is 0 Å². The maximum atomic E-state index is 12.6. The molecule has 0 saturated carbocycles. The van der Waals surface area contributed by atoms with E-state index in [-0.39, 0.29) is 18.4 Å². The zero-order valence-corrected chi connectivity index (χ0v) is 16.6. The monoisotopic (exact) mass is 401 g/mol. The van der Waals surface area contributed by atoms with Crippen molar-refractivity contribution >= 4 is 29.1 Å². The number of nitrogens with zero attached hydrogens (tertiary/aromatic N) is 2. The van der Waals surface area contributed by atoms with Gasteiger partial charge >= 0.3 is 0 Å². The number of ether oxygens (including phenoxy) is 1. The van der Waals surface area contributed by atoms with E-state index in [0.29, 0.717) is 42.6 Å². The summed E-state index contributed by atoms with van der Waals surface area (Å²) < 4.78 is 5.72. The fourth-order valence-electron chi connectivity index (χ4n) is 3.09. The molecule has 1 aliphatic rings. The quantitative estimate of drug-likeness (QED) is 0.808. The number of hydrogen-bond donors (Lipinski definition) is 1. The summed E-state index contributed by atoms with van der Waals surface area (Å²) in [6.45, 7) is 4.45. The average molecular weight is 402 g/mol. The van der Waals surface area contributed by atoms with Crippen molar-refractivity contribution in [3.05, 3.63) is 59.6 Å². The number of nitrogens with one attached hydrogen (secondary N) is 1. The van der Waals surface area contributed by atoms with Crippen LogP contribution in [-0.4, -0.2) is 60.4 Å². The van der Waals surface area contributed by atoms with Crippen molar-refractivity contribution in [2.75, 3.05) is 38.0 Å². The van der Waals surface area contributed by atoms with Gasteiger partial charge in [-0.15, -0.1) is 0 Å². The van der Waals surface area contributed by atoms with Gasteiger partial charge in [0.05, 0.1) is 17.3 Å². The summed E-state index contributed by atoms with van der Waals surface area (Å²) in [5, 5.41) is 3.34. The third kappa shape index (κ3) is 5.47. The van der Waals surface area contributed by atoms with Gasteiger partial charge < -0.3 is 15.0 Å². The largest absolute Gasteiger partial charge is 0.481 e. The van der Waals surface area contributed by atoms with Crippen molar-refractivity contribution in [3.63, 3.8) is 0 Å². The minimum Gasteiger partial charge on any atom is -0.481 e. The Bertz CT molecular complexity index is 808. The second-order valence-electron chi connectivity index (χ2n) is 6.70. The number of hydrogen-bond acceptors (Lipinski definition) is 4. The number of anilines is 1. The van der Waals surface area contributed by atoms with Gasteiger partial charge in [0.2, 0.25) is 5.91 Å². The molecule has 2 aromatic rings. The lowest BCUT2D eigenvalue weighted by Gasteiger charge is -2.35. The maximum absolute atomic E-state index is 12.6. The maximum Gasteiger partial charge on any atom is 0.263 e. The predicted octanol–water partition coefficient (Wildman–Crippen LogP) is 2.89. The Kier molecular flexibility index (Phi) is 6.90. The fourth-order valence-corrected chi connectivity index (χ4v) is 3.28. The molecule has 0 aliphatic carbocycles. The number of benzene rings is 2. The smallest absolute Gasteiger partial charge is 0.263 e. The second kappa shape index (κ2) is 9.57. The van der Waals surface area contributed by atoms with Crippen LogP contribution in [-0.2, 0) is 9.59 Å². The van der Waals surface area contributed by atoms with E-state index in [0.717, 1.165) is 0 Å². The summed E-state index contributed by atoms with van der Waals surface area (Å²) in [7, 11) is 0. The van der Waals surface area contributed by atoms with Crippen LogP contribution in [0.5, 0.6) is 5.75 Å². The van der Waals surface area contributed by atoms with Crippen LogP contribution in [0, 0.1) is 0 Å². The van der Waals surface area contributed by atoms with Crippen molar-refractivity contribution in [2.24, 2.45) is 0 Å². The van der Waals surface area contributed by atoms with Crippen molar-refractivity contribution in [1.29, 1.82) is 0 Å². The van der Waals surface area contributed by atoms with E-state index < -0.39 is 6.10 Å². The molecule has 28 heavy (non-hydrogen) atoms. The van der Waals surface area contributed by atoms with Crippen LogP contribution in [0.4, 0.5) is 5.69 Å². The molecule has 0 spiro atoms. The van der Waals surface area contributed by atoms with E-state index in [2.05, 4.69) is 5.32 Å². The average Bonchev–Trinajstić information content (AvgIpc) is 2.70. The Hall–Kier alpha value is -2.57. The van der Waals surface area contributed by atoms with Gasteiger partial charge in [0.25, 0.3) is 5.91 Å². The number of piperazine rings is 1. The molecule has 1 heterocycles. The highest BCUT2D eigenvalue weighted by atomic mass is 35.5. The van der Waals surface area contributed by atoms with Crippen LogP contribution in [0.3, 0.4) is 0 Å². The first-order valence-corrected chi connectivity index (χ1v) is 9.68. The van der Waals surface area contributed by atoms with Crippen molar-refractivity contribution in [3.8, 4) is 5.75 Å². The van der Waals surface area contributed by atoms with E-state index in [1.807, 2.05) is 47.4 Å². The first-order valence-electron chi connectivity index (χ1n) is 9.30. The van der Waals surface area contributed by atoms with Gasteiger partial charge in [-0.3, -0.25) is 14.5 Å². The lowest BCUT2D eigenvalue weighted by atomic mass is 10.2. The van der Waals surface area contributed by atoms with Crippen LogP contribution in [0.25, 0.3) is 0 Å². The highest BCUT2D eigenvalue weighted by Gasteiger charge is 2.26. The molecule has 2 aromatic carbocycles. The molecule has 0 radical (unpaired) electrons. The van der Waals surface area contributed by atoms with Gasteiger partial charge in [0.1, 0.15) is 5.75 Å². The zero-order chi connectivity index (χ0) is 19.9. The highest BCUT2D eigenvalue weighted by Crippen LogP contribution is 2.20. The molecule has 148 valence electrons. The molecule has 6 nitrogen and oxygen atoms in total. The van der Waals surface area contributed by atoms with Crippen molar-refractivity contribution < 1.29 is 14.3 Å². The Morgan fingerprint density at radius 3 is 2.36 bits per heavy atom. The molecule has 2 amide bonds. The van der Waals surface area contributed by atoms with Crippen LogP contribution in [0.2, 0.25) is 5.02 Å². The number of carbonyl (C=O) groups excluding carboxylic acids is 2. The number of para-hydroxylation sites is 2. The summed E-state index contributed by atoms with van der Waals surface area (Å²) in [5.74, 6) is 0.524. The second-order valence-corrected chi connectivity index (χ2v) is 7.11. The molecular weight excluding hydrogens is 378 g/mol. The highest BCUT2D eigenvalue weighted by molar-refractivity contribution is 6.33. The predicted molar refractivity (Wildman–Crippen MR) is 110 cm³/mol. The molecule has 1 N–H and O–H groups in total. The lowest BCUT2D eigenvalue weighted by molar-refractivity contribution is -0.139. The molecular formula is C21H24ClN3O3. The Morgan fingerprint density at radius 2 is 1.68 bits per heavy atom. The Balaban J connectivity index is 1.44. The molecule has 1 atom stereocenters. The van der Waals surface area contributed by atoms with Crippen molar-refractivity contribution in [2.45, 2.75) is 13.0 Å². The van der Waals surface area contributed by atoms with Crippen LogP contribution in [0.1, 0.15) is 6.92 Å². The molecule has 7 heteroatoms. The SMILES string of the molecule is C[C@H](Oc1ccccc1)C(=O)N1CCN(CC(=O)Nc2ccccc2Cl)CC1. The van der Waals surface area contributed by atoms with Gasteiger partial charge in [-0.1, -0.05) is 41.9 Å². The first-order chi connectivity index (χ1) is 13.5. The van der Waals surface area contributed by atoms with E-state index in [4.69, 9.17) is 16.3 Å². The van der Waals surface area contributed by atoms with Crippen LogP contribution >= 0.6 is 11.6 Å². The number of carbonyl (C=O) groups is 2. The molecule has 0 bridgehead atoms. The van der Waals surface area contributed by atoms with E-state index in [9.17, 15) is 9.59 Å². The molecule has 0 unspecified atom stereocenters. The number of amides is 2.